The van der Waals surface area contributed by atoms with Crippen molar-refractivity contribution in [3.05, 3.63) is 46.0 Å². The van der Waals surface area contributed by atoms with Crippen molar-refractivity contribution in [1.82, 2.24) is 14.7 Å². The highest BCUT2D eigenvalue weighted by molar-refractivity contribution is 7.71. The summed E-state index contributed by atoms with van der Waals surface area (Å²) in [6.07, 6.45) is 1.61. The van der Waals surface area contributed by atoms with Crippen LogP contribution in [-0.2, 0) is 6.54 Å². The summed E-state index contributed by atoms with van der Waals surface area (Å²) >= 11 is 11.4. The van der Waals surface area contributed by atoms with Crippen molar-refractivity contribution in [2.24, 2.45) is 0 Å². The Morgan fingerprint density at radius 3 is 3.06 bits per heavy atom. The van der Waals surface area contributed by atoms with Crippen molar-refractivity contribution < 1.29 is 4.52 Å². The van der Waals surface area contributed by atoms with Crippen LogP contribution in [0.2, 0.25) is 5.02 Å². The van der Waals surface area contributed by atoms with Gasteiger partial charge in [-0.1, -0.05) is 22.8 Å². The van der Waals surface area contributed by atoms with Gasteiger partial charge in [-0.05, 0) is 24.4 Å². The molecule has 0 saturated heterocycles. The van der Waals surface area contributed by atoms with Crippen LogP contribution in [0.4, 0.5) is 0 Å². The molecule has 2 heterocycles. The van der Waals surface area contributed by atoms with Gasteiger partial charge in [0.2, 0.25) is 0 Å². The average molecular weight is 266 g/mol. The van der Waals surface area contributed by atoms with Crippen LogP contribution in [0.15, 0.2) is 35.0 Å². The van der Waals surface area contributed by atoms with E-state index in [0.29, 0.717) is 16.3 Å². The third kappa shape index (κ3) is 1.77. The number of fused-ring (bicyclic) bond motifs is 1. The number of halogens is 1. The van der Waals surface area contributed by atoms with Gasteiger partial charge in [-0.2, -0.15) is 0 Å². The normalized spacial score (nSPS) is 11.1. The third-order valence-corrected chi connectivity index (χ3v) is 3.20. The van der Waals surface area contributed by atoms with Crippen LogP contribution >= 0.6 is 23.8 Å². The second-order valence-electron chi connectivity index (χ2n) is 3.63. The molecule has 0 aliphatic heterocycles. The summed E-state index contributed by atoms with van der Waals surface area (Å²) in [6.45, 7) is 0.541. The Bertz CT molecular complexity index is 714. The van der Waals surface area contributed by atoms with Crippen LogP contribution in [0, 0.1) is 4.77 Å². The third-order valence-electron chi connectivity index (χ3n) is 2.56. The van der Waals surface area contributed by atoms with Gasteiger partial charge in [0.15, 0.2) is 10.5 Å². The Hall–Kier alpha value is -1.59. The number of imidazole rings is 1. The number of H-pyrrole nitrogens is 1. The van der Waals surface area contributed by atoms with E-state index < -0.39 is 0 Å². The molecule has 0 bridgehead atoms. The summed E-state index contributed by atoms with van der Waals surface area (Å²) in [7, 11) is 0. The molecule has 0 unspecified atom stereocenters. The summed E-state index contributed by atoms with van der Waals surface area (Å²) < 4.78 is 7.62. The van der Waals surface area contributed by atoms with Crippen LogP contribution in [-0.4, -0.2) is 14.7 Å². The minimum absolute atomic E-state index is 0.541. The van der Waals surface area contributed by atoms with Gasteiger partial charge in [-0.15, -0.1) is 0 Å². The predicted octanol–water partition coefficient (Wildman–Crippen LogP) is 3.39. The standard InChI is InChI=1S/C11H8ClN3OS/c12-8-2-1-3-9-10(8)14-11(17)15(9)6-7-4-5-13-16-7/h1-5H,6H2,(H,14,17). The van der Waals surface area contributed by atoms with Gasteiger partial charge in [0.1, 0.15) is 0 Å². The number of hydrogen-bond acceptors (Lipinski definition) is 3. The van der Waals surface area contributed by atoms with Crippen molar-refractivity contribution in [1.29, 1.82) is 0 Å². The first-order valence-electron chi connectivity index (χ1n) is 5.02. The molecule has 0 aliphatic carbocycles. The summed E-state index contributed by atoms with van der Waals surface area (Å²) in [5.74, 6) is 0.752. The zero-order valence-corrected chi connectivity index (χ0v) is 10.3. The maximum Gasteiger partial charge on any atom is 0.178 e. The minimum atomic E-state index is 0.541. The number of hydrogen-bond donors (Lipinski definition) is 1. The number of aromatic nitrogens is 3. The minimum Gasteiger partial charge on any atom is -0.359 e. The molecule has 4 nitrogen and oxygen atoms in total. The highest BCUT2D eigenvalue weighted by Gasteiger charge is 2.08. The van der Waals surface area contributed by atoms with E-state index in [1.54, 1.807) is 6.20 Å². The summed E-state index contributed by atoms with van der Waals surface area (Å²) in [5, 5.41) is 4.33. The van der Waals surface area contributed by atoms with E-state index in [-0.39, 0.29) is 0 Å². The Labute approximate surface area is 107 Å². The largest absolute Gasteiger partial charge is 0.359 e. The predicted molar refractivity (Wildman–Crippen MR) is 67.7 cm³/mol. The molecule has 0 aliphatic rings. The number of nitrogens with one attached hydrogen (secondary N) is 1. The summed E-state index contributed by atoms with van der Waals surface area (Å²) in [4.78, 5) is 3.09. The maximum absolute atomic E-state index is 6.10. The molecule has 2 aromatic heterocycles. The Balaban J connectivity index is 2.19. The van der Waals surface area contributed by atoms with Crippen LogP contribution in [0.3, 0.4) is 0 Å². The van der Waals surface area contributed by atoms with Crippen molar-refractivity contribution in [3.63, 3.8) is 0 Å². The maximum atomic E-state index is 6.10. The van der Waals surface area contributed by atoms with Gasteiger partial charge < -0.3 is 14.1 Å². The molecule has 0 spiro atoms. The number of nitrogens with zero attached hydrogens (tertiary/aromatic N) is 2. The summed E-state index contributed by atoms with van der Waals surface area (Å²) in [6, 6.07) is 7.49. The lowest BCUT2D eigenvalue weighted by molar-refractivity contribution is 0.377. The first kappa shape index (κ1) is 10.6. The van der Waals surface area contributed by atoms with E-state index in [1.165, 1.54) is 0 Å². The second kappa shape index (κ2) is 4.01. The number of rotatable bonds is 2. The lowest BCUT2D eigenvalue weighted by Gasteiger charge is -2.00. The van der Waals surface area contributed by atoms with Crippen LogP contribution in [0.5, 0.6) is 0 Å². The van der Waals surface area contributed by atoms with E-state index in [1.807, 2.05) is 28.8 Å². The van der Waals surface area contributed by atoms with E-state index in [0.717, 1.165) is 16.8 Å². The van der Waals surface area contributed by atoms with Gasteiger partial charge in [0.25, 0.3) is 0 Å². The molecule has 0 radical (unpaired) electrons. The quantitative estimate of drug-likeness (QED) is 0.723. The molecule has 0 saturated carbocycles. The van der Waals surface area contributed by atoms with Gasteiger partial charge in [-0.3, -0.25) is 0 Å². The van der Waals surface area contributed by atoms with E-state index in [9.17, 15) is 0 Å². The molecule has 0 atom stereocenters. The van der Waals surface area contributed by atoms with Gasteiger partial charge in [-0.25, -0.2) is 0 Å². The van der Waals surface area contributed by atoms with E-state index in [4.69, 9.17) is 28.3 Å². The monoisotopic (exact) mass is 265 g/mol. The Morgan fingerprint density at radius 1 is 1.41 bits per heavy atom. The lowest BCUT2D eigenvalue weighted by atomic mass is 10.3. The molecule has 3 rings (SSSR count). The topological polar surface area (TPSA) is 46.8 Å². The number of aromatic amines is 1. The molecule has 1 N–H and O–H groups in total. The number of benzene rings is 1. The first-order valence-corrected chi connectivity index (χ1v) is 5.81. The fourth-order valence-corrected chi connectivity index (χ4v) is 2.26. The van der Waals surface area contributed by atoms with Crippen LogP contribution in [0.1, 0.15) is 5.76 Å². The fourth-order valence-electron chi connectivity index (χ4n) is 1.78. The molecule has 17 heavy (non-hydrogen) atoms. The van der Waals surface area contributed by atoms with Gasteiger partial charge >= 0.3 is 0 Å². The lowest BCUT2D eigenvalue weighted by Crippen LogP contribution is -1.98. The molecule has 0 fully saturated rings. The summed E-state index contributed by atoms with van der Waals surface area (Å²) in [5.41, 5.74) is 1.80. The highest BCUT2D eigenvalue weighted by atomic mass is 35.5. The van der Waals surface area contributed by atoms with Crippen molar-refractivity contribution >= 4 is 34.9 Å². The second-order valence-corrected chi connectivity index (χ2v) is 4.42. The van der Waals surface area contributed by atoms with E-state index in [2.05, 4.69) is 10.1 Å². The van der Waals surface area contributed by atoms with Gasteiger partial charge in [0, 0.05) is 6.07 Å². The van der Waals surface area contributed by atoms with Crippen LogP contribution < -0.4 is 0 Å². The fraction of sp³-hybridized carbons (Fsp3) is 0.0909. The molecule has 0 amide bonds. The SMILES string of the molecule is S=c1[nH]c2c(Cl)cccc2n1Cc1ccno1. The molecular weight excluding hydrogens is 258 g/mol. The van der Waals surface area contributed by atoms with Crippen LogP contribution in [0.25, 0.3) is 11.0 Å². The molecule has 1 aromatic carbocycles. The van der Waals surface area contributed by atoms with E-state index >= 15 is 0 Å². The zero-order valence-electron chi connectivity index (χ0n) is 8.68. The van der Waals surface area contributed by atoms with Crippen molar-refractivity contribution in [3.8, 4) is 0 Å². The Morgan fingerprint density at radius 2 is 2.29 bits per heavy atom. The average Bonchev–Trinajstić information content (AvgIpc) is 2.91. The zero-order chi connectivity index (χ0) is 11.8. The van der Waals surface area contributed by atoms with Crippen molar-refractivity contribution in [2.45, 2.75) is 6.54 Å². The number of para-hydroxylation sites is 1. The molecule has 86 valence electrons. The molecule has 6 heteroatoms. The molecular formula is C11H8ClN3OS. The highest BCUT2D eigenvalue weighted by Crippen LogP contribution is 2.23. The first-order chi connectivity index (χ1) is 8.25. The molecule has 3 aromatic rings. The van der Waals surface area contributed by atoms with Crippen molar-refractivity contribution in [2.75, 3.05) is 0 Å². The Kier molecular flexibility index (Phi) is 2.49. The smallest absolute Gasteiger partial charge is 0.178 e. The van der Waals surface area contributed by atoms with Gasteiger partial charge in [0.05, 0.1) is 28.8 Å².